The second-order valence-corrected chi connectivity index (χ2v) is 6.47. The Morgan fingerprint density at radius 3 is 2.47 bits per heavy atom. The third kappa shape index (κ3) is 5.09. The van der Waals surface area contributed by atoms with Gasteiger partial charge >= 0.3 is 5.97 Å². The molecule has 0 spiro atoms. The summed E-state index contributed by atoms with van der Waals surface area (Å²) in [5.41, 5.74) is -0.441. The maximum atomic E-state index is 11.7. The third-order valence-corrected chi connectivity index (χ3v) is 3.00. The van der Waals surface area contributed by atoms with Crippen molar-refractivity contribution < 1.29 is 14.3 Å². The lowest BCUT2D eigenvalue weighted by molar-refractivity contribution is -0.154. The van der Waals surface area contributed by atoms with Gasteiger partial charge in [0.05, 0.1) is 18.1 Å². The van der Waals surface area contributed by atoms with Gasteiger partial charge in [0.15, 0.2) is 0 Å². The number of rotatable bonds is 4. The van der Waals surface area contributed by atoms with Gasteiger partial charge in [-0.3, -0.25) is 4.79 Å². The average molecular weight is 266 g/mol. The van der Waals surface area contributed by atoms with Crippen molar-refractivity contribution in [1.82, 2.24) is 0 Å². The van der Waals surface area contributed by atoms with Gasteiger partial charge in [0.25, 0.3) is 0 Å². The summed E-state index contributed by atoms with van der Waals surface area (Å²) < 4.78 is 11.0. The number of hydrogen-bond acceptors (Lipinski definition) is 3. The summed E-state index contributed by atoms with van der Waals surface area (Å²) in [6.45, 7) is 12.2. The fourth-order valence-corrected chi connectivity index (χ4v) is 1.78. The van der Waals surface area contributed by atoms with E-state index in [1.165, 1.54) is 0 Å². The van der Waals surface area contributed by atoms with Gasteiger partial charge in [0.2, 0.25) is 0 Å². The maximum Gasteiger partial charge on any atom is 0.311 e. The van der Waals surface area contributed by atoms with Crippen LogP contribution in [0.4, 0.5) is 0 Å². The smallest absolute Gasteiger partial charge is 0.311 e. The van der Waals surface area contributed by atoms with Gasteiger partial charge in [-0.2, -0.15) is 0 Å². The van der Waals surface area contributed by atoms with E-state index in [4.69, 9.17) is 9.47 Å². The Labute approximate surface area is 116 Å². The van der Waals surface area contributed by atoms with Gasteiger partial charge in [-0.1, -0.05) is 13.0 Å². The van der Waals surface area contributed by atoms with Crippen molar-refractivity contribution >= 4 is 5.97 Å². The highest BCUT2D eigenvalue weighted by atomic mass is 16.5. The second-order valence-electron chi connectivity index (χ2n) is 6.47. The summed E-state index contributed by atoms with van der Waals surface area (Å²) >= 11 is 0. The van der Waals surface area contributed by atoms with E-state index < -0.39 is 5.41 Å². The molecule has 0 bridgehead atoms. The van der Waals surface area contributed by atoms with Crippen LogP contribution in [-0.2, 0) is 14.3 Å². The molecule has 0 aliphatic heterocycles. The Kier molecular flexibility index (Phi) is 5.21. The average Bonchev–Trinajstić information content (AvgIpc) is 2.25. The van der Waals surface area contributed by atoms with Crippen LogP contribution in [-0.4, -0.2) is 18.7 Å². The largest absolute Gasteiger partial charge is 0.491 e. The molecule has 3 nitrogen and oxygen atoms in total. The lowest BCUT2D eigenvalue weighted by Crippen LogP contribution is -2.27. The van der Waals surface area contributed by atoms with Crippen LogP contribution in [0.25, 0.3) is 0 Å². The molecule has 0 N–H and O–H groups in total. The van der Waals surface area contributed by atoms with Crippen LogP contribution in [0.2, 0.25) is 0 Å². The molecule has 2 unspecified atom stereocenters. The highest BCUT2D eigenvalue weighted by Gasteiger charge is 2.25. The summed E-state index contributed by atoms with van der Waals surface area (Å²) in [4.78, 5) is 11.7. The van der Waals surface area contributed by atoms with Crippen LogP contribution in [0.1, 0.15) is 41.5 Å². The van der Waals surface area contributed by atoms with E-state index >= 15 is 0 Å². The first-order valence-corrected chi connectivity index (χ1v) is 6.94. The number of esters is 1. The molecular weight excluding hydrogens is 240 g/mol. The maximum absolute atomic E-state index is 11.7. The van der Waals surface area contributed by atoms with E-state index in [0.717, 1.165) is 5.76 Å². The number of hydrogen-bond donors (Lipinski definition) is 0. The van der Waals surface area contributed by atoms with E-state index in [0.29, 0.717) is 12.5 Å². The molecule has 0 saturated carbocycles. The van der Waals surface area contributed by atoms with Crippen molar-refractivity contribution in [3.05, 3.63) is 24.0 Å². The molecule has 108 valence electrons. The molecule has 0 heterocycles. The van der Waals surface area contributed by atoms with Crippen LogP contribution in [0, 0.1) is 17.3 Å². The molecule has 19 heavy (non-hydrogen) atoms. The first kappa shape index (κ1) is 15.8. The predicted octanol–water partition coefficient (Wildman–Crippen LogP) is 3.71. The summed E-state index contributed by atoms with van der Waals surface area (Å²) in [7, 11) is 0. The zero-order valence-electron chi connectivity index (χ0n) is 12.9. The molecule has 0 radical (unpaired) electrons. The standard InChI is InChI=1S/C16H26O3/c1-11(2)19-14-8-7-13(12(3)9-14)10-18-15(17)16(4,5)6/h7-9,11-13H,10H2,1-6H3. The predicted molar refractivity (Wildman–Crippen MR) is 76.5 cm³/mol. The minimum atomic E-state index is -0.441. The lowest BCUT2D eigenvalue weighted by Gasteiger charge is -2.25. The van der Waals surface area contributed by atoms with Crippen LogP contribution in [0.15, 0.2) is 24.0 Å². The van der Waals surface area contributed by atoms with Gasteiger partial charge in [-0.05, 0) is 52.7 Å². The Morgan fingerprint density at radius 2 is 2.00 bits per heavy atom. The molecule has 0 aromatic rings. The third-order valence-electron chi connectivity index (χ3n) is 3.00. The van der Waals surface area contributed by atoms with Crippen molar-refractivity contribution in [2.24, 2.45) is 17.3 Å². The van der Waals surface area contributed by atoms with Gasteiger partial charge in [-0.15, -0.1) is 0 Å². The zero-order valence-corrected chi connectivity index (χ0v) is 12.9. The summed E-state index contributed by atoms with van der Waals surface area (Å²) in [6, 6.07) is 0. The molecule has 2 atom stereocenters. The van der Waals surface area contributed by atoms with E-state index in [1.54, 1.807) is 0 Å². The number of carbonyl (C=O) groups excluding carboxylic acids is 1. The van der Waals surface area contributed by atoms with Crippen LogP contribution in [0.3, 0.4) is 0 Å². The summed E-state index contributed by atoms with van der Waals surface area (Å²) in [6.07, 6.45) is 6.31. The molecule has 0 fully saturated rings. The Hall–Kier alpha value is -1.25. The molecule has 3 heteroatoms. The Morgan fingerprint density at radius 1 is 1.37 bits per heavy atom. The van der Waals surface area contributed by atoms with Gasteiger partial charge in [0.1, 0.15) is 5.76 Å². The molecular formula is C16H26O3. The minimum Gasteiger partial charge on any atom is -0.491 e. The van der Waals surface area contributed by atoms with Crippen LogP contribution < -0.4 is 0 Å². The summed E-state index contributed by atoms with van der Waals surface area (Å²) in [5.74, 6) is 1.29. The topological polar surface area (TPSA) is 35.5 Å². The van der Waals surface area contributed by atoms with Crippen LogP contribution >= 0.6 is 0 Å². The van der Waals surface area contributed by atoms with Crippen molar-refractivity contribution in [3.63, 3.8) is 0 Å². The Bertz CT molecular complexity index is 372. The number of carbonyl (C=O) groups is 1. The fourth-order valence-electron chi connectivity index (χ4n) is 1.78. The van der Waals surface area contributed by atoms with Gasteiger partial charge in [0, 0.05) is 5.92 Å². The minimum absolute atomic E-state index is 0.152. The SMILES string of the molecule is CC(C)OC1=CC(C)C(COC(=O)C(C)(C)C)C=C1. The van der Waals surface area contributed by atoms with Crippen LogP contribution in [0.5, 0.6) is 0 Å². The highest BCUT2D eigenvalue weighted by Crippen LogP contribution is 2.25. The first-order chi connectivity index (χ1) is 8.70. The fraction of sp³-hybridized carbons (Fsp3) is 0.688. The van der Waals surface area contributed by atoms with Gasteiger partial charge < -0.3 is 9.47 Å². The van der Waals surface area contributed by atoms with E-state index in [1.807, 2.05) is 40.7 Å². The first-order valence-electron chi connectivity index (χ1n) is 6.94. The van der Waals surface area contributed by atoms with Crippen molar-refractivity contribution in [1.29, 1.82) is 0 Å². The molecule has 1 aliphatic rings. The summed E-state index contributed by atoms with van der Waals surface area (Å²) in [5, 5.41) is 0. The molecule has 1 aliphatic carbocycles. The lowest BCUT2D eigenvalue weighted by atomic mass is 9.90. The zero-order chi connectivity index (χ0) is 14.6. The molecule has 0 amide bonds. The van der Waals surface area contributed by atoms with E-state index in [9.17, 15) is 4.79 Å². The molecule has 0 aromatic heterocycles. The quantitative estimate of drug-likeness (QED) is 0.728. The Balaban J connectivity index is 2.50. The van der Waals surface area contributed by atoms with Crippen molar-refractivity contribution in [2.75, 3.05) is 6.61 Å². The second kappa shape index (κ2) is 6.27. The highest BCUT2D eigenvalue weighted by molar-refractivity contribution is 5.75. The monoisotopic (exact) mass is 266 g/mol. The molecule has 0 saturated heterocycles. The van der Waals surface area contributed by atoms with Gasteiger partial charge in [-0.25, -0.2) is 0 Å². The van der Waals surface area contributed by atoms with Crippen molar-refractivity contribution in [3.8, 4) is 0 Å². The normalized spacial score (nSPS) is 23.2. The molecule has 1 rings (SSSR count). The number of allylic oxidation sites excluding steroid dienone is 2. The number of ether oxygens (including phenoxy) is 2. The van der Waals surface area contributed by atoms with E-state index in [-0.39, 0.29) is 18.0 Å². The van der Waals surface area contributed by atoms with E-state index in [2.05, 4.69) is 19.1 Å². The van der Waals surface area contributed by atoms with Crippen molar-refractivity contribution in [2.45, 2.75) is 47.6 Å². The molecule has 0 aromatic carbocycles.